The first kappa shape index (κ1) is 16.4. The Balaban J connectivity index is 0. The van der Waals surface area contributed by atoms with Gasteiger partial charge in [-0.3, -0.25) is 0 Å². The van der Waals surface area contributed by atoms with Crippen LogP contribution < -0.4 is 0 Å². The highest BCUT2D eigenvalue weighted by molar-refractivity contribution is 4.79. The second kappa shape index (κ2) is 8.28. The summed E-state index contributed by atoms with van der Waals surface area (Å²) < 4.78 is 5.79. The van der Waals surface area contributed by atoms with Gasteiger partial charge in [-0.2, -0.15) is 0 Å². The minimum Gasteiger partial charge on any atom is -0.372 e. The van der Waals surface area contributed by atoms with Crippen LogP contribution in [0.1, 0.15) is 68.2 Å². The molecule has 1 rings (SSSR count). The van der Waals surface area contributed by atoms with Gasteiger partial charge in [-0.1, -0.05) is 34.6 Å². The molecule has 1 saturated heterocycles. The van der Waals surface area contributed by atoms with E-state index in [9.17, 15) is 0 Å². The van der Waals surface area contributed by atoms with Gasteiger partial charge in [-0.05, 0) is 39.5 Å². The van der Waals surface area contributed by atoms with Crippen LogP contribution in [0.3, 0.4) is 0 Å². The molecule has 0 aliphatic carbocycles. The van der Waals surface area contributed by atoms with Gasteiger partial charge in [0.15, 0.2) is 0 Å². The highest BCUT2D eigenvalue weighted by atomic mass is 16.5. The third-order valence-corrected chi connectivity index (χ3v) is 2.51. The van der Waals surface area contributed by atoms with Crippen molar-refractivity contribution in [2.45, 2.75) is 79.9 Å². The quantitative estimate of drug-likeness (QED) is 0.555. The molecule has 1 aliphatic rings. The monoisotopic (exact) mass is 202 g/mol. The lowest BCUT2D eigenvalue weighted by atomic mass is 9.88. The van der Waals surface area contributed by atoms with Crippen LogP contribution in [0.4, 0.5) is 0 Å². The van der Waals surface area contributed by atoms with Gasteiger partial charge >= 0.3 is 0 Å². The van der Waals surface area contributed by atoms with Crippen LogP contribution in [0.5, 0.6) is 0 Å². The van der Waals surface area contributed by atoms with Crippen LogP contribution >= 0.6 is 0 Å². The lowest BCUT2D eigenvalue weighted by Crippen LogP contribution is -2.38. The molecule has 0 saturated carbocycles. The second-order valence-corrected chi connectivity index (χ2v) is 4.10. The maximum atomic E-state index is 5.79. The summed E-state index contributed by atoms with van der Waals surface area (Å²) in [6, 6.07) is 0. The van der Waals surface area contributed by atoms with Gasteiger partial charge < -0.3 is 4.74 Å². The normalized spacial score (nSPS) is 29.1. The van der Waals surface area contributed by atoms with E-state index in [2.05, 4.69) is 27.7 Å². The second-order valence-electron chi connectivity index (χ2n) is 4.10. The molecule has 1 fully saturated rings. The SMILES string of the molecule is CC.CC.CC1CCC(C)(C)OC1C. The standard InChI is InChI=1S/C9H18O.2C2H6/c1-7-5-6-9(3,4)10-8(7)2;2*1-2/h7-8H,5-6H2,1-4H3;2*1-2H3. The maximum absolute atomic E-state index is 5.79. The molecule has 0 radical (unpaired) electrons. The van der Waals surface area contributed by atoms with Gasteiger partial charge in [0.05, 0.1) is 11.7 Å². The Bertz CT molecular complexity index is 118. The Morgan fingerprint density at radius 1 is 1.00 bits per heavy atom. The Morgan fingerprint density at radius 3 is 1.71 bits per heavy atom. The fourth-order valence-electron chi connectivity index (χ4n) is 1.49. The summed E-state index contributed by atoms with van der Waals surface area (Å²) >= 11 is 0. The first-order valence-electron chi connectivity index (χ1n) is 6.19. The van der Waals surface area contributed by atoms with Gasteiger partial charge in [0.2, 0.25) is 0 Å². The number of hydrogen-bond acceptors (Lipinski definition) is 1. The van der Waals surface area contributed by atoms with Gasteiger partial charge in [-0.25, -0.2) is 0 Å². The van der Waals surface area contributed by atoms with Crippen molar-refractivity contribution in [1.29, 1.82) is 0 Å². The van der Waals surface area contributed by atoms with E-state index in [0.29, 0.717) is 6.10 Å². The first-order valence-corrected chi connectivity index (χ1v) is 6.19. The first-order chi connectivity index (χ1) is 6.51. The van der Waals surface area contributed by atoms with Crippen molar-refractivity contribution >= 4 is 0 Å². The average Bonchev–Trinajstić information content (AvgIpc) is 2.18. The van der Waals surface area contributed by atoms with Gasteiger partial charge in [0, 0.05) is 0 Å². The van der Waals surface area contributed by atoms with E-state index in [4.69, 9.17) is 4.74 Å². The lowest BCUT2D eigenvalue weighted by Gasteiger charge is -2.38. The molecule has 0 spiro atoms. The van der Waals surface area contributed by atoms with E-state index in [1.54, 1.807) is 0 Å². The minimum absolute atomic E-state index is 0.131. The highest BCUT2D eigenvalue weighted by Gasteiger charge is 2.30. The molecule has 88 valence electrons. The molecule has 14 heavy (non-hydrogen) atoms. The summed E-state index contributed by atoms with van der Waals surface area (Å²) in [6.45, 7) is 16.8. The summed E-state index contributed by atoms with van der Waals surface area (Å²) in [5.74, 6) is 0.744. The Hall–Kier alpha value is -0.0400. The molecular formula is C13H30O. The molecule has 1 heterocycles. The summed E-state index contributed by atoms with van der Waals surface area (Å²) in [6.07, 6.45) is 2.97. The minimum atomic E-state index is 0.131. The fourth-order valence-corrected chi connectivity index (χ4v) is 1.49. The summed E-state index contributed by atoms with van der Waals surface area (Å²) in [5, 5.41) is 0. The van der Waals surface area contributed by atoms with Crippen molar-refractivity contribution in [2.75, 3.05) is 0 Å². The molecule has 2 atom stereocenters. The predicted molar refractivity (Wildman–Crippen MR) is 65.7 cm³/mol. The van der Waals surface area contributed by atoms with E-state index in [1.807, 2.05) is 27.7 Å². The third kappa shape index (κ3) is 6.42. The van der Waals surface area contributed by atoms with Crippen LogP contribution in [-0.2, 0) is 4.74 Å². The van der Waals surface area contributed by atoms with Crippen LogP contribution in [0.2, 0.25) is 0 Å². The topological polar surface area (TPSA) is 9.23 Å². The van der Waals surface area contributed by atoms with Crippen molar-refractivity contribution in [1.82, 2.24) is 0 Å². The molecule has 1 heteroatoms. The van der Waals surface area contributed by atoms with E-state index in [1.165, 1.54) is 12.8 Å². The fraction of sp³-hybridized carbons (Fsp3) is 1.00. The van der Waals surface area contributed by atoms with E-state index in [0.717, 1.165) is 5.92 Å². The molecule has 0 amide bonds. The average molecular weight is 202 g/mol. The zero-order valence-corrected chi connectivity index (χ0v) is 11.5. The van der Waals surface area contributed by atoms with Crippen molar-refractivity contribution in [3.8, 4) is 0 Å². The lowest BCUT2D eigenvalue weighted by molar-refractivity contribution is -0.122. The van der Waals surface area contributed by atoms with Gasteiger partial charge in [-0.15, -0.1) is 0 Å². The van der Waals surface area contributed by atoms with Gasteiger partial charge in [0.25, 0.3) is 0 Å². The largest absolute Gasteiger partial charge is 0.372 e. The molecule has 0 aromatic carbocycles. The van der Waals surface area contributed by atoms with Gasteiger partial charge in [0.1, 0.15) is 0 Å². The zero-order valence-electron chi connectivity index (χ0n) is 11.5. The predicted octanol–water partition coefficient (Wildman–Crippen LogP) is 4.65. The molecule has 0 aromatic rings. The summed E-state index contributed by atoms with van der Waals surface area (Å²) in [4.78, 5) is 0. The zero-order chi connectivity index (χ0) is 11.8. The van der Waals surface area contributed by atoms with Crippen LogP contribution in [0.15, 0.2) is 0 Å². The van der Waals surface area contributed by atoms with Crippen LogP contribution in [0.25, 0.3) is 0 Å². The van der Waals surface area contributed by atoms with E-state index in [-0.39, 0.29) is 5.60 Å². The number of rotatable bonds is 0. The molecular weight excluding hydrogens is 172 g/mol. The highest BCUT2D eigenvalue weighted by Crippen LogP contribution is 2.31. The molecule has 2 unspecified atom stereocenters. The molecule has 0 aromatic heterocycles. The van der Waals surface area contributed by atoms with E-state index >= 15 is 0 Å². The van der Waals surface area contributed by atoms with Crippen molar-refractivity contribution in [3.05, 3.63) is 0 Å². The molecule has 1 nitrogen and oxygen atoms in total. The summed E-state index contributed by atoms with van der Waals surface area (Å²) in [5.41, 5.74) is 0.131. The molecule has 0 N–H and O–H groups in total. The third-order valence-electron chi connectivity index (χ3n) is 2.51. The Kier molecular flexibility index (Phi) is 9.70. The molecule has 1 aliphatic heterocycles. The summed E-state index contributed by atoms with van der Waals surface area (Å²) in [7, 11) is 0. The number of ether oxygens (including phenoxy) is 1. The smallest absolute Gasteiger partial charge is 0.0630 e. The Morgan fingerprint density at radius 2 is 1.43 bits per heavy atom. The van der Waals surface area contributed by atoms with Crippen molar-refractivity contribution in [2.24, 2.45) is 5.92 Å². The maximum Gasteiger partial charge on any atom is 0.0630 e. The van der Waals surface area contributed by atoms with Crippen molar-refractivity contribution in [3.63, 3.8) is 0 Å². The Labute approximate surface area is 91.2 Å². The number of hydrogen-bond donors (Lipinski definition) is 0. The molecule has 0 bridgehead atoms. The van der Waals surface area contributed by atoms with E-state index < -0.39 is 0 Å². The van der Waals surface area contributed by atoms with Crippen LogP contribution in [0, 0.1) is 5.92 Å². The van der Waals surface area contributed by atoms with Crippen molar-refractivity contribution < 1.29 is 4.74 Å². The van der Waals surface area contributed by atoms with Crippen LogP contribution in [-0.4, -0.2) is 11.7 Å².